The zero-order valence-corrected chi connectivity index (χ0v) is 16.1. The van der Waals surface area contributed by atoms with Crippen LogP contribution in [0.2, 0.25) is 0 Å². The Morgan fingerprint density at radius 2 is 1.52 bits per heavy atom. The van der Waals surface area contributed by atoms with Crippen LogP contribution in [0.1, 0.15) is 45.0 Å². The molecule has 0 amide bonds. The van der Waals surface area contributed by atoms with E-state index in [2.05, 4.69) is 0 Å². The largest absolute Gasteiger partial charge is 0.478 e. The van der Waals surface area contributed by atoms with Gasteiger partial charge in [-0.25, -0.2) is 4.79 Å². The average Bonchev–Trinajstić information content (AvgIpc) is 2.68. The molecule has 1 N–H and O–H groups in total. The van der Waals surface area contributed by atoms with Gasteiger partial charge in [-0.3, -0.25) is 4.79 Å². The summed E-state index contributed by atoms with van der Waals surface area (Å²) in [4.78, 5) is 23.0. The van der Waals surface area contributed by atoms with Gasteiger partial charge in [0.1, 0.15) is 0 Å². The first-order valence-corrected chi connectivity index (χ1v) is 8.89. The molecular formula is C21H13F9O3. The molecule has 0 fully saturated rings. The molecule has 2 aromatic carbocycles. The molecule has 0 aromatic heterocycles. The van der Waals surface area contributed by atoms with E-state index in [0.717, 1.165) is 24.3 Å². The van der Waals surface area contributed by atoms with Gasteiger partial charge in [-0.2, -0.15) is 39.5 Å². The molecule has 2 aromatic rings. The quantitative estimate of drug-likeness (QED) is 0.365. The predicted octanol–water partition coefficient (Wildman–Crippen LogP) is 6.74. The molecule has 2 rings (SSSR count). The number of aromatic carboxylic acids is 1. The predicted molar refractivity (Wildman–Crippen MR) is 97.3 cm³/mol. The van der Waals surface area contributed by atoms with Crippen molar-refractivity contribution in [3.8, 4) is 0 Å². The second kappa shape index (κ2) is 9.28. The molecular weight excluding hydrogens is 471 g/mol. The van der Waals surface area contributed by atoms with E-state index < -0.39 is 64.9 Å². The molecule has 33 heavy (non-hydrogen) atoms. The zero-order chi connectivity index (χ0) is 25.2. The van der Waals surface area contributed by atoms with Gasteiger partial charge in [0.15, 0.2) is 5.78 Å². The maximum atomic E-state index is 13.4. The molecule has 1 unspecified atom stereocenters. The number of carbonyl (C=O) groups is 2. The maximum Gasteiger partial charge on any atom is 0.417 e. The molecule has 3 nitrogen and oxygen atoms in total. The fourth-order valence-electron chi connectivity index (χ4n) is 2.90. The van der Waals surface area contributed by atoms with E-state index in [4.69, 9.17) is 5.11 Å². The summed E-state index contributed by atoms with van der Waals surface area (Å²) < 4.78 is 118. The van der Waals surface area contributed by atoms with Gasteiger partial charge < -0.3 is 5.11 Å². The molecule has 0 bridgehead atoms. The first-order valence-electron chi connectivity index (χ1n) is 8.89. The molecule has 178 valence electrons. The summed E-state index contributed by atoms with van der Waals surface area (Å²) in [6.07, 6.45) is -15.0. The van der Waals surface area contributed by atoms with Crippen LogP contribution in [-0.2, 0) is 17.1 Å². The second-order valence-corrected chi connectivity index (χ2v) is 6.83. The Balaban J connectivity index is 2.31. The van der Waals surface area contributed by atoms with Crippen molar-refractivity contribution in [3.63, 3.8) is 0 Å². The van der Waals surface area contributed by atoms with Crippen molar-refractivity contribution >= 4 is 17.8 Å². The number of benzene rings is 2. The Bertz CT molecular complexity index is 1060. The second-order valence-electron chi connectivity index (χ2n) is 6.83. The summed E-state index contributed by atoms with van der Waals surface area (Å²) in [5.41, 5.74) is -5.04. The van der Waals surface area contributed by atoms with Gasteiger partial charge in [-0.15, -0.1) is 0 Å². The Hall–Kier alpha value is -3.31. The number of carboxylic acids is 1. The highest BCUT2D eigenvalue weighted by atomic mass is 19.4. The van der Waals surface area contributed by atoms with E-state index in [-0.39, 0.29) is 11.6 Å². The standard InChI is InChI=1S/C21H13F9O3/c22-19(23,24)13-3-1-2-12(9-13)16(20(25,26)27)10-14(31)6-4-11-5-7-15(18(32)33)17(8-11)21(28,29)30/h1-9,16H,10H2,(H,32,33)/b6-4+. The van der Waals surface area contributed by atoms with E-state index in [1.807, 2.05) is 0 Å². The van der Waals surface area contributed by atoms with E-state index in [0.29, 0.717) is 24.3 Å². The lowest BCUT2D eigenvalue weighted by molar-refractivity contribution is -0.156. The van der Waals surface area contributed by atoms with Gasteiger partial charge in [0, 0.05) is 6.42 Å². The molecule has 1 atom stereocenters. The van der Waals surface area contributed by atoms with E-state index in [1.165, 1.54) is 0 Å². The molecule has 0 aliphatic carbocycles. The Morgan fingerprint density at radius 3 is 2.03 bits per heavy atom. The van der Waals surface area contributed by atoms with Gasteiger partial charge in [0.2, 0.25) is 0 Å². The van der Waals surface area contributed by atoms with Crippen LogP contribution in [0.25, 0.3) is 6.08 Å². The van der Waals surface area contributed by atoms with Crippen molar-refractivity contribution in [2.75, 3.05) is 0 Å². The molecule has 0 saturated carbocycles. The van der Waals surface area contributed by atoms with Crippen molar-refractivity contribution < 1.29 is 54.2 Å². The van der Waals surface area contributed by atoms with Gasteiger partial charge in [-0.1, -0.05) is 30.3 Å². The smallest absolute Gasteiger partial charge is 0.417 e. The number of rotatable bonds is 6. The monoisotopic (exact) mass is 484 g/mol. The fraction of sp³-hybridized carbons (Fsp3) is 0.238. The van der Waals surface area contributed by atoms with Crippen LogP contribution in [0.15, 0.2) is 48.5 Å². The van der Waals surface area contributed by atoms with Crippen LogP contribution in [0.3, 0.4) is 0 Å². The Labute approximate surface area is 180 Å². The summed E-state index contributed by atoms with van der Waals surface area (Å²) in [5, 5.41) is 8.84. The highest BCUT2D eigenvalue weighted by molar-refractivity contribution is 5.94. The maximum absolute atomic E-state index is 13.4. The number of halogens is 9. The average molecular weight is 484 g/mol. The highest BCUT2D eigenvalue weighted by Crippen LogP contribution is 2.40. The summed E-state index contributed by atoms with van der Waals surface area (Å²) in [6.45, 7) is 0. The summed E-state index contributed by atoms with van der Waals surface area (Å²) >= 11 is 0. The van der Waals surface area contributed by atoms with Gasteiger partial charge in [0.05, 0.1) is 22.6 Å². The molecule has 0 heterocycles. The lowest BCUT2D eigenvalue weighted by atomic mass is 9.91. The van der Waals surface area contributed by atoms with Crippen molar-refractivity contribution in [3.05, 3.63) is 76.4 Å². The van der Waals surface area contributed by atoms with Crippen LogP contribution in [-0.4, -0.2) is 23.0 Å². The minimum absolute atomic E-state index is 0.273. The summed E-state index contributed by atoms with van der Waals surface area (Å²) in [6, 6.07) is 4.33. The van der Waals surface area contributed by atoms with E-state index in [1.54, 1.807) is 0 Å². The number of allylic oxidation sites excluding steroid dienone is 1. The minimum Gasteiger partial charge on any atom is -0.478 e. The molecule has 0 radical (unpaired) electrons. The van der Waals surface area contributed by atoms with E-state index >= 15 is 0 Å². The summed E-state index contributed by atoms with van der Waals surface area (Å²) in [7, 11) is 0. The summed E-state index contributed by atoms with van der Waals surface area (Å²) in [5.74, 6) is -5.66. The Morgan fingerprint density at radius 1 is 0.879 bits per heavy atom. The third kappa shape index (κ3) is 6.83. The molecule has 12 heteroatoms. The zero-order valence-electron chi connectivity index (χ0n) is 16.1. The number of alkyl halides is 9. The number of hydrogen-bond acceptors (Lipinski definition) is 2. The van der Waals surface area contributed by atoms with Crippen molar-refractivity contribution in [2.45, 2.75) is 30.9 Å². The van der Waals surface area contributed by atoms with Crippen LogP contribution in [0.4, 0.5) is 39.5 Å². The highest BCUT2D eigenvalue weighted by Gasteiger charge is 2.42. The minimum atomic E-state index is -5.08. The number of carbonyl (C=O) groups excluding carboxylic acids is 1. The van der Waals surface area contributed by atoms with E-state index in [9.17, 15) is 49.1 Å². The molecule has 0 aliphatic heterocycles. The van der Waals surface area contributed by atoms with Crippen molar-refractivity contribution in [1.82, 2.24) is 0 Å². The number of carboxylic acid groups (broad SMARTS) is 1. The third-order valence-corrected chi connectivity index (χ3v) is 4.46. The molecule has 0 aliphatic rings. The van der Waals surface area contributed by atoms with Gasteiger partial charge in [-0.05, 0) is 35.4 Å². The normalized spacial score (nSPS) is 13.8. The lowest BCUT2D eigenvalue weighted by Crippen LogP contribution is -2.23. The van der Waals surface area contributed by atoms with Gasteiger partial charge in [0.25, 0.3) is 0 Å². The van der Waals surface area contributed by atoms with Crippen LogP contribution >= 0.6 is 0 Å². The van der Waals surface area contributed by atoms with Crippen molar-refractivity contribution in [1.29, 1.82) is 0 Å². The third-order valence-electron chi connectivity index (χ3n) is 4.46. The lowest BCUT2D eigenvalue weighted by Gasteiger charge is -2.20. The number of hydrogen-bond donors (Lipinski definition) is 1. The van der Waals surface area contributed by atoms with Crippen LogP contribution in [0, 0.1) is 0 Å². The first-order chi connectivity index (χ1) is 15.0. The van der Waals surface area contributed by atoms with Crippen molar-refractivity contribution in [2.24, 2.45) is 0 Å². The molecule has 0 spiro atoms. The Kier molecular flexibility index (Phi) is 7.30. The topological polar surface area (TPSA) is 54.4 Å². The fourth-order valence-corrected chi connectivity index (χ4v) is 2.90. The first kappa shape index (κ1) is 25.9. The SMILES string of the molecule is O=C(/C=C/c1ccc(C(=O)O)c(C(F)(F)F)c1)CC(c1cccc(C(F)(F)F)c1)C(F)(F)F. The number of ketones is 1. The molecule has 0 saturated heterocycles. The van der Waals surface area contributed by atoms with Crippen LogP contribution in [0.5, 0.6) is 0 Å². The van der Waals surface area contributed by atoms with Gasteiger partial charge >= 0.3 is 24.5 Å². The van der Waals surface area contributed by atoms with Crippen LogP contribution < -0.4 is 0 Å².